The van der Waals surface area contributed by atoms with Crippen LogP contribution in [-0.2, 0) is 15.9 Å². The number of hydrogen-bond acceptors (Lipinski definition) is 5. The minimum atomic E-state index is -0.475. The van der Waals surface area contributed by atoms with Crippen molar-refractivity contribution in [3.8, 4) is 0 Å². The smallest absolute Gasteiger partial charge is 0.398 e. The Balaban J connectivity index is 2.35. The highest BCUT2D eigenvalue weighted by atomic mass is 16.7. The van der Waals surface area contributed by atoms with E-state index in [9.17, 15) is 0 Å². The van der Waals surface area contributed by atoms with Gasteiger partial charge in [-0.1, -0.05) is 6.07 Å². The molecule has 3 N–H and O–H groups in total. The van der Waals surface area contributed by atoms with Crippen LogP contribution in [0.25, 0.3) is 0 Å². The molecule has 1 saturated heterocycles. The van der Waals surface area contributed by atoms with E-state index in [0.717, 1.165) is 11.2 Å². The second kappa shape index (κ2) is 4.78. The van der Waals surface area contributed by atoms with Gasteiger partial charge in [-0.15, -0.1) is 0 Å². The van der Waals surface area contributed by atoms with Gasteiger partial charge in [0.1, 0.15) is 5.82 Å². The van der Waals surface area contributed by atoms with Crippen LogP contribution >= 0.6 is 0 Å². The number of aromatic nitrogens is 1. The Labute approximate surface area is 115 Å². The summed E-state index contributed by atoms with van der Waals surface area (Å²) in [5.41, 5.74) is 6.83. The molecule has 0 radical (unpaired) electrons. The first-order chi connectivity index (χ1) is 8.77. The van der Waals surface area contributed by atoms with Gasteiger partial charge in [0.25, 0.3) is 0 Å². The number of nitrogens with two attached hydrogens (primary N) is 1. The Morgan fingerprint density at radius 1 is 1.21 bits per heavy atom. The second-order valence-electron chi connectivity index (χ2n) is 5.90. The summed E-state index contributed by atoms with van der Waals surface area (Å²) < 4.78 is 12.0. The molecule has 1 aromatic heterocycles. The fourth-order valence-electron chi connectivity index (χ4n) is 2.02. The summed E-state index contributed by atoms with van der Waals surface area (Å²) in [6.07, 6.45) is 0. The van der Waals surface area contributed by atoms with Gasteiger partial charge in [-0.25, -0.2) is 4.98 Å². The molecule has 1 fully saturated rings. The first kappa shape index (κ1) is 14.3. The number of nitrogen functional groups attached to an aromatic ring is 1. The van der Waals surface area contributed by atoms with E-state index in [1.807, 2.05) is 40.8 Å². The van der Waals surface area contributed by atoms with Crippen molar-refractivity contribution in [1.82, 2.24) is 10.3 Å². The Hall–Kier alpha value is -1.11. The van der Waals surface area contributed by atoms with Crippen LogP contribution in [0.1, 0.15) is 33.3 Å². The average molecular weight is 263 g/mol. The zero-order valence-electron chi connectivity index (χ0n) is 12.3. The molecule has 0 unspecified atom stereocenters. The van der Waals surface area contributed by atoms with Crippen molar-refractivity contribution in [2.24, 2.45) is 0 Å². The van der Waals surface area contributed by atoms with Crippen LogP contribution in [0.3, 0.4) is 0 Å². The van der Waals surface area contributed by atoms with Crippen molar-refractivity contribution in [2.75, 3.05) is 12.8 Å². The summed E-state index contributed by atoms with van der Waals surface area (Å²) in [5, 5.41) is 3.12. The van der Waals surface area contributed by atoms with E-state index in [0.29, 0.717) is 12.4 Å². The largest absolute Gasteiger partial charge is 0.514 e. The molecule has 104 valence electrons. The summed E-state index contributed by atoms with van der Waals surface area (Å²) in [6.45, 7) is 8.80. The molecule has 0 atom stereocenters. The molecule has 0 bridgehead atoms. The molecule has 0 spiro atoms. The molecule has 0 saturated carbocycles. The molecule has 6 heteroatoms. The standard InChI is InChI=1S/C13H22BN3O2/c1-12(2)13(3,4)19-14(18-12)11-9(8-16-5)6-7-10(15)17-11/h6-7,16H,8H2,1-5H3,(H2,15,17). The number of hydrogen-bond donors (Lipinski definition) is 2. The maximum atomic E-state index is 6.02. The normalized spacial score (nSPS) is 20.8. The van der Waals surface area contributed by atoms with Crippen molar-refractivity contribution < 1.29 is 9.31 Å². The summed E-state index contributed by atoms with van der Waals surface area (Å²) in [7, 11) is 1.42. The molecular weight excluding hydrogens is 241 g/mol. The molecule has 0 aromatic carbocycles. The third-order valence-corrected chi connectivity index (χ3v) is 3.88. The quantitative estimate of drug-likeness (QED) is 0.785. The zero-order chi connectivity index (χ0) is 14.3. The molecular formula is C13H22BN3O2. The van der Waals surface area contributed by atoms with E-state index in [4.69, 9.17) is 15.0 Å². The lowest BCUT2D eigenvalue weighted by Gasteiger charge is -2.32. The number of pyridine rings is 1. The number of rotatable bonds is 3. The maximum absolute atomic E-state index is 6.02. The van der Waals surface area contributed by atoms with Crippen molar-refractivity contribution >= 4 is 18.5 Å². The SMILES string of the molecule is CNCc1ccc(N)nc1B1OC(C)(C)C(C)(C)O1. The van der Waals surface area contributed by atoms with E-state index >= 15 is 0 Å². The predicted octanol–water partition coefficient (Wildman–Crippen LogP) is 0.682. The van der Waals surface area contributed by atoms with Crippen LogP contribution in [0, 0.1) is 0 Å². The molecule has 1 aliphatic heterocycles. The lowest BCUT2D eigenvalue weighted by Crippen LogP contribution is -2.41. The van der Waals surface area contributed by atoms with Gasteiger partial charge in [0.2, 0.25) is 0 Å². The van der Waals surface area contributed by atoms with Gasteiger partial charge < -0.3 is 20.4 Å². The maximum Gasteiger partial charge on any atom is 0.514 e. The topological polar surface area (TPSA) is 69.4 Å². The zero-order valence-corrected chi connectivity index (χ0v) is 12.3. The van der Waals surface area contributed by atoms with Gasteiger partial charge in [-0.3, -0.25) is 0 Å². The molecule has 19 heavy (non-hydrogen) atoms. The lowest BCUT2D eigenvalue weighted by atomic mass is 9.80. The van der Waals surface area contributed by atoms with Gasteiger partial charge in [-0.05, 0) is 46.4 Å². The average Bonchev–Trinajstić information content (AvgIpc) is 2.51. The lowest BCUT2D eigenvalue weighted by molar-refractivity contribution is 0.00578. The Morgan fingerprint density at radius 2 is 1.79 bits per heavy atom. The summed E-state index contributed by atoms with van der Waals surface area (Å²) >= 11 is 0. The Bertz CT molecular complexity index is 461. The van der Waals surface area contributed by atoms with Crippen LogP contribution in [0.15, 0.2) is 12.1 Å². The van der Waals surface area contributed by atoms with Gasteiger partial charge in [0.15, 0.2) is 0 Å². The molecule has 0 aliphatic carbocycles. The minimum Gasteiger partial charge on any atom is -0.398 e. The van der Waals surface area contributed by atoms with Gasteiger partial charge >= 0.3 is 7.12 Å². The van der Waals surface area contributed by atoms with E-state index in [1.165, 1.54) is 0 Å². The molecule has 0 amide bonds. The fourth-order valence-corrected chi connectivity index (χ4v) is 2.02. The second-order valence-corrected chi connectivity index (χ2v) is 5.90. The molecule has 1 aliphatic rings. The van der Waals surface area contributed by atoms with Crippen molar-refractivity contribution in [3.05, 3.63) is 17.7 Å². The van der Waals surface area contributed by atoms with Crippen LogP contribution in [-0.4, -0.2) is 30.4 Å². The van der Waals surface area contributed by atoms with Crippen LogP contribution in [0.2, 0.25) is 0 Å². The van der Waals surface area contributed by atoms with E-state index in [1.54, 1.807) is 6.07 Å². The fraction of sp³-hybridized carbons (Fsp3) is 0.615. The van der Waals surface area contributed by atoms with E-state index in [-0.39, 0.29) is 11.2 Å². The summed E-state index contributed by atoms with van der Waals surface area (Å²) in [4.78, 5) is 4.39. The van der Waals surface area contributed by atoms with E-state index < -0.39 is 7.12 Å². The summed E-state index contributed by atoms with van der Waals surface area (Å²) in [5.74, 6) is 0.476. The molecule has 5 nitrogen and oxygen atoms in total. The van der Waals surface area contributed by atoms with Crippen LogP contribution in [0.5, 0.6) is 0 Å². The van der Waals surface area contributed by atoms with Gasteiger partial charge in [0.05, 0.1) is 16.8 Å². The van der Waals surface area contributed by atoms with Crippen molar-refractivity contribution in [3.63, 3.8) is 0 Å². The van der Waals surface area contributed by atoms with E-state index in [2.05, 4.69) is 10.3 Å². The number of nitrogens with one attached hydrogen (secondary N) is 1. The van der Waals surface area contributed by atoms with Crippen molar-refractivity contribution in [2.45, 2.75) is 45.4 Å². The summed E-state index contributed by atoms with van der Waals surface area (Å²) in [6, 6.07) is 3.75. The predicted molar refractivity (Wildman–Crippen MR) is 77.1 cm³/mol. The first-order valence-electron chi connectivity index (χ1n) is 6.52. The Kier molecular flexibility index (Phi) is 3.60. The Morgan fingerprint density at radius 3 is 2.32 bits per heavy atom. The number of anilines is 1. The molecule has 1 aromatic rings. The first-order valence-corrected chi connectivity index (χ1v) is 6.52. The highest BCUT2D eigenvalue weighted by molar-refractivity contribution is 6.61. The third kappa shape index (κ3) is 2.61. The van der Waals surface area contributed by atoms with Crippen LogP contribution in [0.4, 0.5) is 5.82 Å². The van der Waals surface area contributed by atoms with Gasteiger partial charge in [-0.2, -0.15) is 0 Å². The molecule has 2 heterocycles. The minimum absolute atomic E-state index is 0.374. The highest BCUT2D eigenvalue weighted by Crippen LogP contribution is 2.36. The van der Waals surface area contributed by atoms with Gasteiger partial charge in [0, 0.05) is 6.54 Å². The third-order valence-electron chi connectivity index (χ3n) is 3.88. The molecule has 2 rings (SSSR count). The monoisotopic (exact) mass is 263 g/mol. The van der Waals surface area contributed by atoms with Crippen LogP contribution < -0.4 is 16.6 Å². The van der Waals surface area contributed by atoms with Crippen molar-refractivity contribution in [1.29, 1.82) is 0 Å². The number of nitrogens with zero attached hydrogens (tertiary/aromatic N) is 1. The highest BCUT2D eigenvalue weighted by Gasteiger charge is 2.52.